The van der Waals surface area contributed by atoms with Crippen LogP contribution in [0.15, 0.2) is 35.6 Å². The van der Waals surface area contributed by atoms with Crippen molar-refractivity contribution in [2.45, 2.75) is 24.5 Å². The number of aromatic nitrogens is 2. The van der Waals surface area contributed by atoms with Gasteiger partial charge in [-0.15, -0.1) is 0 Å². The molecular weight excluding hydrogens is 395 g/mol. The Hall–Kier alpha value is -2.04. The van der Waals surface area contributed by atoms with Gasteiger partial charge >= 0.3 is 6.18 Å². The summed E-state index contributed by atoms with van der Waals surface area (Å²) in [7, 11) is 0. The van der Waals surface area contributed by atoms with Gasteiger partial charge in [-0.3, -0.25) is 4.79 Å². The highest BCUT2D eigenvalue weighted by atomic mass is 32.2. The predicted octanol–water partition coefficient (Wildman–Crippen LogP) is 2.39. The number of benzene rings is 1. The summed E-state index contributed by atoms with van der Waals surface area (Å²) in [5, 5.41) is 9.93. The molecule has 0 atom stereocenters. The molecule has 28 heavy (non-hydrogen) atoms. The minimum Gasteiger partial charge on any atom is -0.390 e. The average molecular weight is 415 g/mol. The van der Waals surface area contributed by atoms with Gasteiger partial charge in [0.25, 0.3) is 0 Å². The molecule has 1 aliphatic heterocycles. The molecular formula is C18H20F3N3O3S. The van der Waals surface area contributed by atoms with Crippen LogP contribution < -0.4 is 0 Å². The molecule has 1 aromatic carbocycles. The molecule has 1 aromatic heterocycles. The molecule has 2 heterocycles. The van der Waals surface area contributed by atoms with Gasteiger partial charge < -0.3 is 19.3 Å². The molecule has 152 valence electrons. The van der Waals surface area contributed by atoms with E-state index in [0.29, 0.717) is 37.2 Å². The zero-order valence-corrected chi connectivity index (χ0v) is 15.8. The Kier molecular flexibility index (Phi) is 6.63. The van der Waals surface area contributed by atoms with Gasteiger partial charge in [-0.1, -0.05) is 30.0 Å². The lowest BCUT2D eigenvalue weighted by Crippen LogP contribution is -2.41. The quantitative estimate of drug-likeness (QED) is 0.734. The van der Waals surface area contributed by atoms with Crippen LogP contribution in [-0.4, -0.2) is 57.5 Å². The van der Waals surface area contributed by atoms with E-state index in [0.717, 1.165) is 17.8 Å². The zero-order chi connectivity index (χ0) is 20.1. The van der Waals surface area contributed by atoms with E-state index in [1.54, 1.807) is 4.90 Å². The molecule has 2 aromatic rings. The van der Waals surface area contributed by atoms with Gasteiger partial charge in [0.1, 0.15) is 0 Å². The monoisotopic (exact) mass is 415 g/mol. The molecule has 1 saturated heterocycles. The Morgan fingerprint density at radius 2 is 1.96 bits per heavy atom. The first-order chi connectivity index (χ1) is 13.4. The first-order valence-corrected chi connectivity index (χ1v) is 9.67. The summed E-state index contributed by atoms with van der Waals surface area (Å²) in [5.74, 6) is 0.0343. The summed E-state index contributed by atoms with van der Waals surface area (Å²) >= 11 is 1.15. The Morgan fingerprint density at radius 1 is 1.25 bits per heavy atom. The number of aliphatic hydroxyl groups is 1. The van der Waals surface area contributed by atoms with E-state index in [1.165, 1.54) is 29.0 Å². The highest BCUT2D eigenvalue weighted by Crippen LogP contribution is 2.33. The van der Waals surface area contributed by atoms with Crippen molar-refractivity contribution < 1.29 is 27.8 Å². The first-order valence-electron chi connectivity index (χ1n) is 8.69. The van der Waals surface area contributed by atoms with Crippen LogP contribution in [0.1, 0.15) is 16.8 Å². The number of aliphatic hydroxyl groups excluding tert-OH is 1. The number of carbonyl (C=O) groups excluding carboxylic acids is 1. The van der Waals surface area contributed by atoms with Crippen LogP contribution in [0.5, 0.6) is 0 Å². The molecule has 1 amide bonds. The maximum absolute atomic E-state index is 13.3. The number of halogens is 3. The van der Waals surface area contributed by atoms with Crippen molar-refractivity contribution in [3.05, 3.63) is 47.3 Å². The van der Waals surface area contributed by atoms with Crippen molar-refractivity contribution in [2.75, 3.05) is 32.1 Å². The van der Waals surface area contributed by atoms with E-state index < -0.39 is 11.7 Å². The molecule has 0 saturated carbocycles. The normalized spacial score (nSPS) is 15.1. The maximum atomic E-state index is 13.3. The lowest BCUT2D eigenvalue weighted by Gasteiger charge is -2.26. The van der Waals surface area contributed by atoms with E-state index in [4.69, 9.17) is 4.74 Å². The Morgan fingerprint density at radius 3 is 2.64 bits per heavy atom. The van der Waals surface area contributed by atoms with Crippen molar-refractivity contribution in [1.29, 1.82) is 0 Å². The summed E-state index contributed by atoms with van der Waals surface area (Å²) in [5.41, 5.74) is -0.268. The van der Waals surface area contributed by atoms with E-state index >= 15 is 0 Å². The van der Waals surface area contributed by atoms with E-state index in [2.05, 4.69) is 4.98 Å². The van der Waals surface area contributed by atoms with Gasteiger partial charge in [-0.2, -0.15) is 13.2 Å². The average Bonchev–Trinajstić information content (AvgIpc) is 3.08. The third-order valence-electron chi connectivity index (χ3n) is 4.40. The van der Waals surface area contributed by atoms with Gasteiger partial charge in [-0.05, 0) is 11.6 Å². The summed E-state index contributed by atoms with van der Waals surface area (Å²) in [6.45, 7) is 1.57. The highest BCUT2D eigenvalue weighted by Gasteiger charge is 2.33. The molecule has 0 unspecified atom stereocenters. The maximum Gasteiger partial charge on any atom is 0.416 e. The Bertz CT molecular complexity index is 820. The number of hydrogen-bond donors (Lipinski definition) is 1. The topological polar surface area (TPSA) is 67.6 Å². The van der Waals surface area contributed by atoms with Crippen molar-refractivity contribution in [3.8, 4) is 0 Å². The van der Waals surface area contributed by atoms with Crippen LogP contribution in [0.4, 0.5) is 13.2 Å². The molecule has 6 nitrogen and oxygen atoms in total. The molecule has 3 rings (SSSR count). The lowest BCUT2D eigenvalue weighted by molar-refractivity contribution is -0.138. The third kappa shape index (κ3) is 4.86. The molecule has 0 radical (unpaired) electrons. The number of nitrogens with zero attached hydrogens (tertiary/aromatic N) is 3. The number of hydrogen-bond acceptors (Lipinski definition) is 5. The second-order valence-electron chi connectivity index (χ2n) is 6.21. The second-order valence-corrected chi connectivity index (χ2v) is 7.16. The Balaban J connectivity index is 1.77. The zero-order valence-electron chi connectivity index (χ0n) is 15.0. The first kappa shape index (κ1) is 20.7. The Labute approximate surface area is 164 Å². The van der Waals surface area contributed by atoms with Crippen molar-refractivity contribution in [3.63, 3.8) is 0 Å². The van der Waals surface area contributed by atoms with Gasteiger partial charge in [-0.25, -0.2) is 4.98 Å². The van der Waals surface area contributed by atoms with Crippen LogP contribution in [0.2, 0.25) is 0 Å². The molecule has 1 N–H and O–H groups in total. The fourth-order valence-corrected chi connectivity index (χ4v) is 3.84. The SMILES string of the molecule is O=C(CSc1ncc(CO)n1Cc1ccccc1C(F)(F)F)N1CCOCC1. The van der Waals surface area contributed by atoms with Gasteiger partial charge in [0, 0.05) is 13.1 Å². The highest BCUT2D eigenvalue weighted by molar-refractivity contribution is 7.99. The summed E-state index contributed by atoms with van der Waals surface area (Å²) in [4.78, 5) is 18.2. The van der Waals surface area contributed by atoms with Crippen LogP contribution in [0.3, 0.4) is 0 Å². The summed E-state index contributed by atoms with van der Waals surface area (Å²) in [6.07, 6.45) is -3.06. The van der Waals surface area contributed by atoms with Crippen LogP contribution in [0, 0.1) is 0 Å². The van der Waals surface area contributed by atoms with Gasteiger partial charge in [0.2, 0.25) is 5.91 Å². The fourth-order valence-electron chi connectivity index (χ4n) is 2.94. The lowest BCUT2D eigenvalue weighted by atomic mass is 10.1. The predicted molar refractivity (Wildman–Crippen MR) is 96.8 cm³/mol. The number of alkyl halides is 3. The van der Waals surface area contributed by atoms with Gasteiger partial charge in [0.15, 0.2) is 5.16 Å². The summed E-state index contributed by atoms with van der Waals surface area (Å²) < 4.78 is 46.6. The smallest absolute Gasteiger partial charge is 0.390 e. The third-order valence-corrected chi connectivity index (χ3v) is 5.38. The van der Waals surface area contributed by atoms with Crippen LogP contribution in [-0.2, 0) is 28.9 Å². The van der Waals surface area contributed by atoms with E-state index in [9.17, 15) is 23.1 Å². The molecule has 1 fully saturated rings. The van der Waals surface area contributed by atoms with Crippen molar-refractivity contribution in [2.24, 2.45) is 0 Å². The van der Waals surface area contributed by atoms with E-state index in [-0.39, 0.29) is 30.4 Å². The standard InChI is InChI=1S/C18H20F3N3O3S/c19-18(20,21)15-4-2-1-3-13(15)10-24-14(11-25)9-22-17(24)28-12-16(26)23-5-7-27-8-6-23/h1-4,9,25H,5-8,10-12H2. The number of carbonyl (C=O) groups is 1. The molecule has 10 heteroatoms. The molecule has 0 aliphatic carbocycles. The number of amides is 1. The largest absolute Gasteiger partial charge is 0.416 e. The van der Waals surface area contributed by atoms with Gasteiger partial charge in [0.05, 0.1) is 49.6 Å². The molecule has 0 bridgehead atoms. The van der Waals surface area contributed by atoms with E-state index in [1.807, 2.05) is 0 Å². The molecule has 0 spiro atoms. The number of rotatable bonds is 6. The number of thioether (sulfide) groups is 1. The second kappa shape index (κ2) is 8.97. The number of ether oxygens (including phenoxy) is 1. The van der Waals surface area contributed by atoms with Crippen molar-refractivity contribution >= 4 is 17.7 Å². The number of morpholine rings is 1. The van der Waals surface area contributed by atoms with Crippen molar-refractivity contribution in [1.82, 2.24) is 14.5 Å². The summed E-state index contributed by atoms with van der Waals surface area (Å²) in [6, 6.07) is 5.30. The fraction of sp³-hybridized carbons (Fsp3) is 0.444. The van der Waals surface area contributed by atoms with Crippen LogP contribution in [0.25, 0.3) is 0 Å². The minimum absolute atomic E-state index is 0.0732. The number of imidazole rings is 1. The molecule has 1 aliphatic rings. The van der Waals surface area contributed by atoms with Crippen LogP contribution >= 0.6 is 11.8 Å². The minimum atomic E-state index is -4.48.